The second-order valence-electron chi connectivity index (χ2n) is 9.96. The average Bonchev–Trinajstić information content (AvgIpc) is 3.25. The van der Waals surface area contributed by atoms with Gasteiger partial charge in [0.15, 0.2) is 0 Å². The molecule has 1 aliphatic rings. The van der Waals surface area contributed by atoms with E-state index in [9.17, 15) is 0 Å². The molecule has 0 saturated carbocycles. The molecule has 5 nitrogen and oxygen atoms in total. The average molecular weight is 529 g/mol. The normalized spacial score (nSPS) is 12.2. The first-order valence-corrected chi connectivity index (χ1v) is 13.6. The molecule has 4 aromatic carbocycles. The second kappa shape index (κ2) is 9.50. The van der Waals surface area contributed by atoms with Gasteiger partial charge in [-0.25, -0.2) is 9.97 Å². The number of pyridine rings is 2. The van der Waals surface area contributed by atoms with E-state index in [1.807, 2.05) is 48.7 Å². The lowest BCUT2D eigenvalue weighted by atomic mass is 10.1. The number of fused-ring (bicyclic) bond motifs is 5. The smallest absolute Gasteiger partial charge is 0.219 e. The number of nitrogens with zero attached hydrogens (tertiary/aromatic N) is 4. The Labute approximate surface area is 237 Å². The van der Waals surface area contributed by atoms with Gasteiger partial charge in [-0.3, -0.25) is 4.90 Å². The molecule has 0 saturated heterocycles. The van der Waals surface area contributed by atoms with Gasteiger partial charge in [0.2, 0.25) is 5.88 Å². The van der Waals surface area contributed by atoms with Crippen LogP contribution in [0.3, 0.4) is 0 Å². The predicted molar refractivity (Wildman–Crippen MR) is 166 cm³/mol. The first-order chi connectivity index (χ1) is 20.3. The standard InChI is InChI=1S/C36H24N4O/c1-3-14-31-25(10-1)18-19-26-22-30-29-13-2-4-15-32(29)39(34(30)24-33(26)40(31)35-16-5-7-20-37-35)27-11-9-12-28(23-27)41-36-17-6-8-21-38-36/h1-24H. The van der Waals surface area contributed by atoms with Crippen molar-refractivity contribution in [2.45, 2.75) is 0 Å². The fourth-order valence-electron chi connectivity index (χ4n) is 5.71. The van der Waals surface area contributed by atoms with Gasteiger partial charge in [0, 0.05) is 41.0 Å². The Morgan fingerprint density at radius 3 is 2.22 bits per heavy atom. The van der Waals surface area contributed by atoms with E-state index in [1.165, 1.54) is 10.8 Å². The maximum atomic E-state index is 6.11. The van der Waals surface area contributed by atoms with E-state index in [4.69, 9.17) is 9.72 Å². The summed E-state index contributed by atoms with van der Waals surface area (Å²) in [6.07, 6.45) is 7.99. The molecule has 5 heteroatoms. The number of hydrogen-bond donors (Lipinski definition) is 0. The van der Waals surface area contributed by atoms with E-state index in [-0.39, 0.29) is 0 Å². The summed E-state index contributed by atoms with van der Waals surface area (Å²) in [4.78, 5) is 11.4. The molecule has 194 valence electrons. The third kappa shape index (κ3) is 3.95. The first kappa shape index (κ1) is 23.2. The van der Waals surface area contributed by atoms with Gasteiger partial charge in [-0.1, -0.05) is 66.7 Å². The molecule has 41 heavy (non-hydrogen) atoms. The van der Waals surface area contributed by atoms with E-state index in [0.717, 1.165) is 50.8 Å². The highest BCUT2D eigenvalue weighted by molar-refractivity contribution is 6.12. The van der Waals surface area contributed by atoms with Crippen LogP contribution < -0.4 is 9.64 Å². The molecule has 1 aliphatic heterocycles. The van der Waals surface area contributed by atoms with Crippen LogP contribution in [0.1, 0.15) is 11.1 Å². The molecule has 8 rings (SSSR count). The van der Waals surface area contributed by atoms with Crippen LogP contribution in [-0.4, -0.2) is 14.5 Å². The molecule has 0 spiro atoms. The summed E-state index contributed by atoms with van der Waals surface area (Å²) >= 11 is 0. The van der Waals surface area contributed by atoms with Crippen molar-refractivity contribution in [2.24, 2.45) is 0 Å². The van der Waals surface area contributed by atoms with Crippen LogP contribution in [-0.2, 0) is 0 Å². The molecule has 0 unspecified atom stereocenters. The van der Waals surface area contributed by atoms with Gasteiger partial charge in [-0.15, -0.1) is 0 Å². The molecule has 0 radical (unpaired) electrons. The zero-order valence-electron chi connectivity index (χ0n) is 22.1. The number of rotatable bonds is 4. The molecule has 0 fully saturated rings. The summed E-state index contributed by atoms with van der Waals surface area (Å²) in [6.45, 7) is 0. The Bertz CT molecular complexity index is 2080. The number of hydrogen-bond acceptors (Lipinski definition) is 4. The molecule has 0 aliphatic carbocycles. The minimum Gasteiger partial charge on any atom is -0.439 e. The highest BCUT2D eigenvalue weighted by atomic mass is 16.5. The summed E-state index contributed by atoms with van der Waals surface area (Å²) in [7, 11) is 0. The molecule has 0 atom stereocenters. The van der Waals surface area contributed by atoms with E-state index in [0.29, 0.717) is 5.88 Å². The van der Waals surface area contributed by atoms with Gasteiger partial charge in [0.05, 0.1) is 22.4 Å². The third-order valence-electron chi connectivity index (χ3n) is 7.50. The van der Waals surface area contributed by atoms with Gasteiger partial charge in [0.25, 0.3) is 0 Å². The Balaban J connectivity index is 1.38. The van der Waals surface area contributed by atoms with Crippen LogP contribution in [0.15, 0.2) is 134 Å². The van der Waals surface area contributed by atoms with Crippen molar-refractivity contribution in [3.05, 3.63) is 145 Å². The van der Waals surface area contributed by atoms with Crippen molar-refractivity contribution in [1.82, 2.24) is 14.5 Å². The van der Waals surface area contributed by atoms with Crippen LogP contribution >= 0.6 is 0 Å². The topological polar surface area (TPSA) is 43.2 Å². The van der Waals surface area contributed by atoms with Crippen molar-refractivity contribution < 1.29 is 4.74 Å². The molecule has 0 N–H and O–H groups in total. The molecule has 4 heterocycles. The molecular weight excluding hydrogens is 504 g/mol. The summed E-state index contributed by atoms with van der Waals surface area (Å²) in [6, 6.07) is 41.5. The number of benzene rings is 4. The predicted octanol–water partition coefficient (Wildman–Crippen LogP) is 9.32. The molecule has 7 aromatic rings. The van der Waals surface area contributed by atoms with Crippen LogP contribution in [0.4, 0.5) is 17.2 Å². The van der Waals surface area contributed by atoms with E-state index < -0.39 is 0 Å². The number of anilines is 3. The van der Waals surface area contributed by atoms with Gasteiger partial charge < -0.3 is 9.30 Å². The summed E-state index contributed by atoms with van der Waals surface area (Å²) < 4.78 is 8.42. The van der Waals surface area contributed by atoms with Crippen LogP contribution in [0.5, 0.6) is 11.6 Å². The quantitative estimate of drug-likeness (QED) is 0.228. The minimum atomic E-state index is 0.564. The highest BCUT2D eigenvalue weighted by Crippen LogP contribution is 2.44. The minimum absolute atomic E-state index is 0.564. The van der Waals surface area contributed by atoms with Crippen molar-refractivity contribution in [1.29, 1.82) is 0 Å². The summed E-state index contributed by atoms with van der Waals surface area (Å²) in [5.41, 5.74) is 7.69. The van der Waals surface area contributed by atoms with Crippen molar-refractivity contribution in [3.8, 4) is 17.3 Å². The Kier molecular flexibility index (Phi) is 5.38. The van der Waals surface area contributed by atoms with Crippen molar-refractivity contribution >= 4 is 51.2 Å². The van der Waals surface area contributed by atoms with Gasteiger partial charge in [-0.05, 0) is 65.7 Å². The third-order valence-corrected chi connectivity index (χ3v) is 7.50. The van der Waals surface area contributed by atoms with Crippen LogP contribution in [0, 0.1) is 0 Å². The first-order valence-electron chi connectivity index (χ1n) is 13.6. The van der Waals surface area contributed by atoms with Crippen LogP contribution in [0.25, 0.3) is 39.6 Å². The maximum Gasteiger partial charge on any atom is 0.219 e. The monoisotopic (exact) mass is 528 g/mol. The van der Waals surface area contributed by atoms with E-state index >= 15 is 0 Å². The Morgan fingerprint density at radius 2 is 1.34 bits per heavy atom. The Hall–Kier alpha value is -5.68. The molecular formula is C36H24N4O. The lowest BCUT2D eigenvalue weighted by molar-refractivity contribution is 0.463. The zero-order chi connectivity index (χ0) is 27.2. The number of aromatic nitrogens is 3. The Morgan fingerprint density at radius 1 is 0.537 bits per heavy atom. The van der Waals surface area contributed by atoms with Gasteiger partial charge in [0.1, 0.15) is 11.6 Å². The van der Waals surface area contributed by atoms with Gasteiger partial charge in [-0.2, -0.15) is 0 Å². The lowest BCUT2D eigenvalue weighted by Gasteiger charge is -2.26. The lowest BCUT2D eigenvalue weighted by Crippen LogP contribution is -2.13. The maximum absolute atomic E-state index is 6.11. The summed E-state index contributed by atoms with van der Waals surface area (Å²) in [5.74, 6) is 2.17. The zero-order valence-corrected chi connectivity index (χ0v) is 22.1. The largest absolute Gasteiger partial charge is 0.439 e. The SMILES string of the molecule is C1=Cc2cc3c4ccccc4n(-c4cccc(Oc5ccccn5)c4)c3cc2N(c2ccccn2)c2ccccc21. The van der Waals surface area contributed by atoms with Gasteiger partial charge >= 0.3 is 0 Å². The van der Waals surface area contributed by atoms with Crippen molar-refractivity contribution in [2.75, 3.05) is 4.90 Å². The number of para-hydroxylation sites is 2. The van der Waals surface area contributed by atoms with E-state index in [1.54, 1.807) is 6.20 Å². The van der Waals surface area contributed by atoms with Crippen LogP contribution in [0.2, 0.25) is 0 Å². The fourth-order valence-corrected chi connectivity index (χ4v) is 5.71. The highest BCUT2D eigenvalue weighted by Gasteiger charge is 2.23. The second-order valence-corrected chi connectivity index (χ2v) is 9.96. The van der Waals surface area contributed by atoms with E-state index in [2.05, 4.69) is 105 Å². The summed E-state index contributed by atoms with van der Waals surface area (Å²) in [5, 5.41) is 2.38. The molecule has 0 bridgehead atoms. The molecule has 0 amide bonds. The fraction of sp³-hybridized carbons (Fsp3) is 0. The van der Waals surface area contributed by atoms with Crippen molar-refractivity contribution in [3.63, 3.8) is 0 Å². The molecule has 3 aromatic heterocycles. The number of ether oxygens (including phenoxy) is 1.